The largest absolute Gasteiger partial charge is 0.340 e. The Bertz CT molecular complexity index is 957. The Hall–Kier alpha value is -2.99. The number of benzene rings is 2. The van der Waals surface area contributed by atoms with Crippen molar-refractivity contribution in [3.8, 4) is 0 Å². The lowest BCUT2D eigenvalue weighted by Crippen LogP contribution is -2.48. The smallest absolute Gasteiger partial charge is 0.261 e. The number of carbonyl (C=O) groups is 3. The van der Waals surface area contributed by atoms with Crippen molar-refractivity contribution in [3.05, 3.63) is 70.8 Å². The number of fused-ring (bicyclic) bond motifs is 1. The van der Waals surface area contributed by atoms with Crippen LogP contribution in [0.15, 0.2) is 48.5 Å². The molecule has 0 N–H and O–H groups in total. The SMILES string of the molecule is CC(C)c1ccc(CN2CCN(C(=O)CCCN3C(=O)c4ccccc4C3=O)CC2)cc1. The predicted molar refractivity (Wildman–Crippen MR) is 123 cm³/mol. The van der Waals surface area contributed by atoms with Crippen LogP contribution in [0.5, 0.6) is 0 Å². The Kier molecular flexibility index (Phi) is 6.70. The molecule has 0 unspecified atom stereocenters. The van der Waals surface area contributed by atoms with E-state index in [0.717, 1.165) is 32.7 Å². The Labute approximate surface area is 189 Å². The van der Waals surface area contributed by atoms with Crippen LogP contribution in [0.25, 0.3) is 0 Å². The van der Waals surface area contributed by atoms with E-state index in [-0.39, 0.29) is 24.3 Å². The van der Waals surface area contributed by atoms with Crippen LogP contribution in [0, 0.1) is 0 Å². The predicted octanol–water partition coefficient (Wildman–Crippen LogP) is 3.53. The van der Waals surface area contributed by atoms with Gasteiger partial charge in [0.15, 0.2) is 0 Å². The first kappa shape index (κ1) is 22.2. The second-order valence-corrected chi connectivity index (χ2v) is 8.96. The number of hydrogen-bond acceptors (Lipinski definition) is 4. The van der Waals surface area contributed by atoms with Crippen LogP contribution in [0.4, 0.5) is 0 Å². The first-order chi connectivity index (χ1) is 15.4. The monoisotopic (exact) mass is 433 g/mol. The van der Waals surface area contributed by atoms with Gasteiger partial charge in [0.25, 0.3) is 11.8 Å². The van der Waals surface area contributed by atoms with Crippen LogP contribution in [0.1, 0.15) is 64.4 Å². The third-order valence-electron chi connectivity index (χ3n) is 6.43. The molecule has 3 amide bonds. The van der Waals surface area contributed by atoms with Gasteiger partial charge < -0.3 is 4.90 Å². The summed E-state index contributed by atoms with van der Waals surface area (Å²) in [5.41, 5.74) is 3.57. The van der Waals surface area contributed by atoms with Crippen LogP contribution >= 0.6 is 0 Å². The summed E-state index contributed by atoms with van der Waals surface area (Å²) in [6.45, 7) is 8.73. The van der Waals surface area contributed by atoms with E-state index in [1.54, 1.807) is 24.3 Å². The molecule has 4 rings (SSSR count). The second kappa shape index (κ2) is 9.65. The van der Waals surface area contributed by atoms with E-state index in [1.807, 2.05) is 4.90 Å². The molecule has 2 aliphatic heterocycles. The Morgan fingerprint density at radius 1 is 0.875 bits per heavy atom. The molecule has 0 saturated carbocycles. The van der Waals surface area contributed by atoms with Gasteiger partial charge in [-0.1, -0.05) is 50.2 Å². The standard InChI is InChI=1S/C26H31N3O3/c1-19(2)21-11-9-20(10-12-21)18-27-14-16-28(17-15-27)24(30)8-5-13-29-25(31)22-6-3-4-7-23(22)26(29)32/h3-4,6-7,9-12,19H,5,8,13-18H2,1-2H3. The number of nitrogens with zero attached hydrogens (tertiary/aromatic N) is 3. The molecule has 2 heterocycles. The van der Waals surface area contributed by atoms with Crippen molar-refractivity contribution in [3.63, 3.8) is 0 Å². The first-order valence-corrected chi connectivity index (χ1v) is 11.5. The molecule has 2 aromatic rings. The molecule has 6 nitrogen and oxygen atoms in total. The summed E-state index contributed by atoms with van der Waals surface area (Å²) in [4.78, 5) is 43.0. The first-order valence-electron chi connectivity index (χ1n) is 11.5. The molecule has 2 aliphatic rings. The summed E-state index contributed by atoms with van der Waals surface area (Å²) in [6.07, 6.45) is 0.844. The van der Waals surface area contributed by atoms with E-state index >= 15 is 0 Å². The van der Waals surface area contributed by atoms with Crippen molar-refractivity contribution in [2.24, 2.45) is 0 Å². The van der Waals surface area contributed by atoms with Gasteiger partial charge in [-0.15, -0.1) is 0 Å². The van der Waals surface area contributed by atoms with E-state index in [4.69, 9.17) is 0 Å². The maximum absolute atomic E-state index is 12.6. The minimum absolute atomic E-state index is 0.0996. The lowest BCUT2D eigenvalue weighted by atomic mass is 10.0. The fourth-order valence-electron chi connectivity index (χ4n) is 4.41. The molecule has 0 bridgehead atoms. The molecule has 1 saturated heterocycles. The highest BCUT2D eigenvalue weighted by molar-refractivity contribution is 6.21. The topological polar surface area (TPSA) is 60.9 Å². The number of rotatable bonds is 7. The van der Waals surface area contributed by atoms with Crippen LogP contribution in [-0.4, -0.2) is 65.1 Å². The van der Waals surface area contributed by atoms with E-state index in [9.17, 15) is 14.4 Å². The zero-order chi connectivity index (χ0) is 22.7. The van der Waals surface area contributed by atoms with Crippen molar-refractivity contribution in [2.45, 2.75) is 39.2 Å². The lowest BCUT2D eigenvalue weighted by Gasteiger charge is -2.35. The van der Waals surface area contributed by atoms with Gasteiger partial charge in [0, 0.05) is 45.7 Å². The second-order valence-electron chi connectivity index (χ2n) is 8.96. The summed E-state index contributed by atoms with van der Waals surface area (Å²) < 4.78 is 0. The quantitative estimate of drug-likeness (QED) is 0.627. The van der Waals surface area contributed by atoms with Gasteiger partial charge in [0.05, 0.1) is 11.1 Å². The van der Waals surface area contributed by atoms with Gasteiger partial charge in [0.1, 0.15) is 0 Å². The number of carbonyl (C=O) groups excluding carboxylic acids is 3. The third-order valence-corrected chi connectivity index (χ3v) is 6.43. The Morgan fingerprint density at radius 3 is 2.03 bits per heavy atom. The van der Waals surface area contributed by atoms with Crippen molar-refractivity contribution in [2.75, 3.05) is 32.7 Å². The number of hydrogen-bond donors (Lipinski definition) is 0. The molecule has 32 heavy (non-hydrogen) atoms. The number of imide groups is 1. The molecule has 168 valence electrons. The number of amides is 3. The fourth-order valence-corrected chi connectivity index (χ4v) is 4.41. The van der Waals surface area contributed by atoms with Gasteiger partial charge in [-0.05, 0) is 35.6 Å². The molecule has 0 radical (unpaired) electrons. The molecule has 1 fully saturated rings. The third kappa shape index (κ3) is 4.75. The van der Waals surface area contributed by atoms with Gasteiger partial charge in [0.2, 0.25) is 5.91 Å². The molecule has 6 heteroatoms. The van der Waals surface area contributed by atoms with Crippen LogP contribution in [0.2, 0.25) is 0 Å². The van der Waals surface area contributed by atoms with Crippen LogP contribution in [0.3, 0.4) is 0 Å². The van der Waals surface area contributed by atoms with Crippen molar-refractivity contribution >= 4 is 17.7 Å². The lowest BCUT2D eigenvalue weighted by molar-refractivity contribution is -0.133. The zero-order valence-corrected chi connectivity index (χ0v) is 18.9. The summed E-state index contributed by atoms with van der Waals surface area (Å²) in [7, 11) is 0. The van der Waals surface area contributed by atoms with E-state index in [0.29, 0.717) is 29.9 Å². The molecule has 0 atom stereocenters. The molecule has 0 spiro atoms. The highest BCUT2D eigenvalue weighted by Crippen LogP contribution is 2.23. The average molecular weight is 434 g/mol. The normalized spacial score (nSPS) is 16.7. The van der Waals surface area contributed by atoms with Crippen LogP contribution < -0.4 is 0 Å². The molecular weight excluding hydrogens is 402 g/mol. The molecular formula is C26H31N3O3. The van der Waals surface area contributed by atoms with Gasteiger partial charge >= 0.3 is 0 Å². The van der Waals surface area contributed by atoms with Crippen molar-refractivity contribution in [1.82, 2.24) is 14.7 Å². The molecule has 2 aromatic carbocycles. The van der Waals surface area contributed by atoms with Gasteiger partial charge in [-0.25, -0.2) is 0 Å². The van der Waals surface area contributed by atoms with Crippen LogP contribution in [-0.2, 0) is 11.3 Å². The van der Waals surface area contributed by atoms with E-state index in [2.05, 4.69) is 43.0 Å². The maximum Gasteiger partial charge on any atom is 0.261 e. The molecule has 0 aliphatic carbocycles. The zero-order valence-electron chi connectivity index (χ0n) is 18.9. The highest BCUT2D eigenvalue weighted by Gasteiger charge is 2.34. The molecule has 0 aromatic heterocycles. The Morgan fingerprint density at radius 2 is 1.47 bits per heavy atom. The summed E-state index contributed by atoms with van der Waals surface area (Å²) in [5, 5.41) is 0. The summed E-state index contributed by atoms with van der Waals surface area (Å²) in [5.74, 6) is 0.124. The van der Waals surface area contributed by atoms with Crippen molar-refractivity contribution < 1.29 is 14.4 Å². The van der Waals surface area contributed by atoms with Crippen molar-refractivity contribution in [1.29, 1.82) is 0 Å². The van der Waals surface area contributed by atoms with E-state index in [1.165, 1.54) is 16.0 Å². The number of piperazine rings is 1. The minimum atomic E-state index is -0.256. The minimum Gasteiger partial charge on any atom is -0.340 e. The van der Waals surface area contributed by atoms with Gasteiger partial charge in [-0.3, -0.25) is 24.2 Å². The average Bonchev–Trinajstić information content (AvgIpc) is 3.05. The summed E-state index contributed by atoms with van der Waals surface area (Å²) >= 11 is 0. The van der Waals surface area contributed by atoms with Gasteiger partial charge in [-0.2, -0.15) is 0 Å². The highest BCUT2D eigenvalue weighted by atomic mass is 16.2. The van der Waals surface area contributed by atoms with E-state index < -0.39 is 0 Å². The Balaban J connectivity index is 1.20. The summed E-state index contributed by atoms with van der Waals surface area (Å²) in [6, 6.07) is 15.7. The maximum atomic E-state index is 12.6. The fraction of sp³-hybridized carbons (Fsp3) is 0.423.